The molecule has 43 heavy (non-hydrogen) atoms. The van der Waals surface area contributed by atoms with E-state index < -0.39 is 28.5 Å². The molecule has 3 aromatic rings. The molecule has 1 aliphatic rings. The molecule has 0 aromatic heterocycles. The van der Waals surface area contributed by atoms with Crippen molar-refractivity contribution in [2.75, 3.05) is 10.8 Å². The van der Waals surface area contributed by atoms with Crippen LogP contribution in [0.25, 0.3) is 0 Å². The molecule has 230 valence electrons. The van der Waals surface area contributed by atoms with Crippen LogP contribution < -0.4 is 9.62 Å². The van der Waals surface area contributed by atoms with E-state index in [-0.39, 0.29) is 23.4 Å². The summed E-state index contributed by atoms with van der Waals surface area (Å²) in [7, 11) is -4.11. The second-order valence-electron chi connectivity index (χ2n) is 11.9. The number of rotatable bonds is 11. The monoisotopic (exact) mass is 603 g/mol. The van der Waals surface area contributed by atoms with Crippen molar-refractivity contribution in [2.45, 2.75) is 96.7 Å². The SMILES string of the molecule is CC[C@H](C(=O)NC1CCCCC1)N(Cc1ccc(C)cc1)C(=O)CN(c1cc(C)ccc1C)S(=O)(=O)c1ccc(C)cc1. The van der Waals surface area contributed by atoms with Crippen LogP contribution in [0.1, 0.15) is 73.3 Å². The van der Waals surface area contributed by atoms with Crippen LogP contribution in [-0.2, 0) is 26.2 Å². The van der Waals surface area contributed by atoms with Crippen LogP contribution in [0, 0.1) is 27.7 Å². The Labute approximate surface area is 257 Å². The molecule has 0 spiro atoms. The zero-order valence-electron chi connectivity index (χ0n) is 26.1. The number of aryl methyl sites for hydroxylation is 4. The molecular formula is C35H45N3O4S. The summed E-state index contributed by atoms with van der Waals surface area (Å²) in [6.07, 6.45) is 5.60. The highest BCUT2D eigenvalue weighted by Crippen LogP contribution is 2.29. The molecule has 3 aromatic carbocycles. The first-order chi connectivity index (χ1) is 20.5. The highest BCUT2D eigenvalue weighted by atomic mass is 32.2. The maximum Gasteiger partial charge on any atom is 0.264 e. The van der Waals surface area contributed by atoms with E-state index in [4.69, 9.17) is 0 Å². The van der Waals surface area contributed by atoms with Gasteiger partial charge in [0.15, 0.2) is 0 Å². The zero-order valence-corrected chi connectivity index (χ0v) is 26.9. The number of hydrogen-bond acceptors (Lipinski definition) is 4. The molecule has 2 amide bonds. The molecule has 0 bridgehead atoms. The van der Waals surface area contributed by atoms with Crippen molar-refractivity contribution in [3.63, 3.8) is 0 Å². The second kappa shape index (κ2) is 14.2. The van der Waals surface area contributed by atoms with Gasteiger partial charge in [0, 0.05) is 12.6 Å². The average molecular weight is 604 g/mol. The number of hydrogen-bond donors (Lipinski definition) is 1. The molecule has 0 unspecified atom stereocenters. The van der Waals surface area contributed by atoms with E-state index in [1.807, 2.05) is 71.0 Å². The number of nitrogens with one attached hydrogen (secondary N) is 1. The highest BCUT2D eigenvalue weighted by molar-refractivity contribution is 7.92. The van der Waals surface area contributed by atoms with Crippen molar-refractivity contribution in [2.24, 2.45) is 0 Å². The Balaban J connectivity index is 1.73. The fourth-order valence-corrected chi connectivity index (χ4v) is 7.16. The number of sulfonamides is 1. The normalized spacial score (nSPS) is 14.6. The van der Waals surface area contributed by atoms with E-state index in [9.17, 15) is 18.0 Å². The van der Waals surface area contributed by atoms with Gasteiger partial charge in [-0.3, -0.25) is 13.9 Å². The molecule has 8 heteroatoms. The van der Waals surface area contributed by atoms with Crippen LogP contribution in [0.3, 0.4) is 0 Å². The van der Waals surface area contributed by atoms with Crippen molar-refractivity contribution in [3.8, 4) is 0 Å². The third-order valence-corrected chi connectivity index (χ3v) is 10.1. The van der Waals surface area contributed by atoms with Crippen LogP contribution in [0.2, 0.25) is 0 Å². The van der Waals surface area contributed by atoms with Crippen molar-refractivity contribution in [1.29, 1.82) is 0 Å². The minimum absolute atomic E-state index is 0.0972. The highest BCUT2D eigenvalue weighted by Gasteiger charge is 2.35. The van der Waals surface area contributed by atoms with E-state index in [1.54, 1.807) is 35.2 Å². The van der Waals surface area contributed by atoms with Crippen molar-refractivity contribution in [1.82, 2.24) is 10.2 Å². The predicted molar refractivity (Wildman–Crippen MR) is 172 cm³/mol. The third kappa shape index (κ3) is 8.05. The summed E-state index contributed by atoms with van der Waals surface area (Å²) in [5.74, 6) is -0.614. The van der Waals surface area contributed by atoms with Gasteiger partial charge in [-0.15, -0.1) is 0 Å². The summed E-state index contributed by atoms with van der Waals surface area (Å²) in [4.78, 5) is 29.7. The molecule has 0 heterocycles. The molecule has 1 aliphatic carbocycles. The van der Waals surface area contributed by atoms with E-state index in [2.05, 4.69) is 5.32 Å². The lowest BCUT2D eigenvalue weighted by Crippen LogP contribution is -2.54. The van der Waals surface area contributed by atoms with E-state index in [0.717, 1.165) is 53.5 Å². The minimum Gasteiger partial charge on any atom is -0.352 e. The van der Waals surface area contributed by atoms with Gasteiger partial charge >= 0.3 is 0 Å². The summed E-state index contributed by atoms with van der Waals surface area (Å²) in [5.41, 5.74) is 4.97. The molecule has 7 nitrogen and oxygen atoms in total. The van der Waals surface area contributed by atoms with Crippen LogP contribution in [0.4, 0.5) is 5.69 Å². The first kappa shape index (κ1) is 32.3. The van der Waals surface area contributed by atoms with E-state index in [0.29, 0.717) is 12.1 Å². The Morgan fingerprint density at radius 2 is 1.42 bits per heavy atom. The van der Waals surface area contributed by atoms with Gasteiger partial charge < -0.3 is 10.2 Å². The first-order valence-corrected chi connectivity index (χ1v) is 16.8. The van der Waals surface area contributed by atoms with Crippen LogP contribution >= 0.6 is 0 Å². The van der Waals surface area contributed by atoms with Crippen LogP contribution in [0.5, 0.6) is 0 Å². The summed E-state index contributed by atoms with van der Waals surface area (Å²) >= 11 is 0. The molecular weight excluding hydrogens is 558 g/mol. The van der Waals surface area contributed by atoms with Crippen LogP contribution in [0.15, 0.2) is 71.6 Å². The smallest absolute Gasteiger partial charge is 0.264 e. The molecule has 0 saturated heterocycles. The van der Waals surface area contributed by atoms with Crippen molar-refractivity contribution in [3.05, 3.63) is 94.5 Å². The van der Waals surface area contributed by atoms with Gasteiger partial charge in [-0.1, -0.05) is 85.8 Å². The number of carbonyl (C=O) groups is 2. The standard InChI is InChI=1S/C35H45N3O4S/c1-6-32(35(40)36-30-10-8-7-9-11-30)37(23-29-18-13-25(2)14-19-29)34(39)24-38(33-22-27(4)12-17-28(33)5)43(41,42)31-20-15-26(3)16-21-31/h12-22,30,32H,6-11,23-24H2,1-5H3,(H,36,40)/t32-/m1/s1. The fraction of sp³-hybridized carbons (Fsp3) is 0.429. The molecule has 4 rings (SSSR count). The molecule has 0 aliphatic heterocycles. The summed E-state index contributed by atoms with van der Waals surface area (Å²) in [5, 5.41) is 3.20. The lowest BCUT2D eigenvalue weighted by Gasteiger charge is -2.35. The van der Waals surface area contributed by atoms with Gasteiger partial charge in [-0.05, 0) is 81.8 Å². The van der Waals surface area contributed by atoms with Gasteiger partial charge in [0.2, 0.25) is 11.8 Å². The number of benzene rings is 3. The predicted octanol–water partition coefficient (Wildman–Crippen LogP) is 6.37. The van der Waals surface area contributed by atoms with Crippen molar-refractivity contribution >= 4 is 27.5 Å². The Morgan fingerprint density at radius 1 is 0.837 bits per heavy atom. The maximum atomic E-state index is 14.4. The Kier molecular flexibility index (Phi) is 10.7. The largest absolute Gasteiger partial charge is 0.352 e. The summed E-state index contributed by atoms with van der Waals surface area (Å²) in [6, 6.07) is 19.5. The number of carbonyl (C=O) groups excluding carboxylic acids is 2. The molecule has 1 N–H and O–H groups in total. The van der Waals surface area contributed by atoms with Gasteiger partial charge in [0.25, 0.3) is 10.0 Å². The Bertz CT molecular complexity index is 1510. The first-order valence-electron chi connectivity index (χ1n) is 15.3. The summed E-state index contributed by atoms with van der Waals surface area (Å²) < 4.78 is 29.6. The molecule has 1 saturated carbocycles. The van der Waals surface area contributed by atoms with Gasteiger partial charge in [0.1, 0.15) is 12.6 Å². The third-order valence-electron chi connectivity index (χ3n) is 8.33. The zero-order chi connectivity index (χ0) is 31.1. The maximum absolute atomic E-state index is 14.4. The van der Waals surface area contributed by atoms with Crippen molar-refractivity contribution < 1.29 is 18.0 Å². The number of anilines is 1. The van der Waals surface area contributed by atoms with Gasteiger partial charge in [-0.2, -0.15) is 0 Å². The number of amides is 2. The van der Waals surface area contributed by atoms with E-state index >= 15 is 0 Å². The Hall–Kier alpha value is -3.65. The topological polar surface area (TPSA) is 86.8 Å². The average Bonchev–Trinajstić information content (AvgIpc) is 2.98. The number of nitrogens with zero attached hydrogens (tertiary/aromatic N) is 2. The quantitative estimate of drug-likeness (QED) is 0.276. The molecule has 0 radical (unpaired) electrons. The summed E-state index contributed by atoms with van der Waals surface area (Å²) in [6.45, 7) is 9.29. The second-order valence-corrected chi connectivity index (χ2v) is 13.8. The molecule has 1 atom stereocenters. The lowest BCUT2D eigenvalue weighted by molar-refractivity contribution is -0.140. The van der Waals surface area contributed by atoms with Gasteiger partial charge in [0.05, 0.1) is 10.6 Å². The van der Waals surface area contributed by atoms with Crippen LogP contribution in [-0.4, -0.2) is 43.8 Å². The van der Waals surface area contributed by atoms with Gasteiger partial charge in [-0.25, -0.2) is 8.42 Å². The Morgan fingerprint density at radius 3 is 2.02 bits per heavy atom. The fourth-order valence-electron chi connectivity index (χ4n) is 5.69. The lowest BCUT2D eigenvalue weighted by atomic mass is 9.95. The minimum atomic E-state index is -4.11. The molecule has 1 fully saturated rings. The van der Waals surface area contributed by atoms with E-state index in [1.165, 1.54) is 10.7 Å².